The average molecular weight is 305 g/mol. The van der Waals surface area contributed by atoms with E-state index in [4.69, 9.17) is 5.11 Å². The third-order valence-corrected chi connectivity index (χ3v) is 2.39. The van der Waals surface area contributed by atoms with E-state index in [-0.39, 0.29) is 5.69 Å². The number of urea groups is 1. The van der Waals surface area contributed by atoms with Crippen molar-refractivity contribution >= 4 is 33.6 Å². The molecule has 0 aliphatic carbocycles. The number of hydrogen-bond acceptors (Lipinski definition) is 2. The van der Waals surface area contributed by atoms with Crippen molar-refractivity contribution in [2.45, 2.75) is 13.0 Å². The molecule has 0 saturated heterocycles. The van der Waals surface area contributed by atoms with Gasteiger partial charge >= 0.3 is 12.0 Å². The summed E-state index contributed by atoms with van der Waals surface area (Å²) in [6, 6.07) is 2.21. The molecule has 92 valence electrons. The number of carbonyl (C=O) groups excluding carboxylic acids is 1. The first kappa shape index (κ1) is 13.4. The van der Waals surface area contributed by atoms with Crippen LogP contribution in [0.15, 0.2) is 22.7 Å². The second-order valence-electron chi connectivity index (χ2n) is 3.28. The average Bonchev–Trinajstić information content (AvgIpc) is 2.23. The van der Waals surface area contributed by atoms with Crippen LogP contribution in [0.1, 0.15) is 6.92 Å². The van der Waals surface area contributed by atoms with E-state index >= 15 is 0 Å². The number of benzene rings is 1. The zero-order valence-electron chi connectivity index (χ0n) is 8.83. The van der Waals surface area contributed by atoms with Crippen LogP contribution in [-0.4, -0.2) is 23.1 Å². The fourth-order valence-electron chi connectivity index (χ4n) is 1.01. The SMILES string of the molecule is C[C@H](NC(=O)Nc1cc(Br)ccc1F)C(=O)O. The summed E-state index contributed by atoms with van der Waals surface area (Å²) in [5, 5.41) is 12.9. The van der Waals surface area contributed by atoms with E-state index < -0.39 is 23.9 Å². The van der Waals surface area contributed by atoms with E-state index in [1.165, 1.54) is 25.1 Å². The lowest BCUT2D eigenvalue weighted by atomic mass is 10.3. The van der Waals surface area contributed by atoms with Gasteiger partial charge in [0, 0.05) is 4.47 Å². The Balaban J connectivity index is 2.68. The van der Waals surface area contributed by atoms with Crippen LogP contribution >= 0.6 is 15.9 Å². The van der Waals surface area contributed by atoms with Gasteiger partial charge in [0.05, 0.1) is 5.69 Å². The lowest BCUT2D eigenvalue weighted by molar-refractivity contribution is -0.138. The van der Waals surface area contributed by atoms with E-state index in [9.17, 15) is 14.0 Å². The molecule has 0 bridgehead atoms. The third-order valence-electron chi connectivity index (χ3n) is 1.89. The van der Waals surface area contributed by atoms with Crippen LogP contribution in [0.25, 0.3) is 0 Å². The van der Waals surface area contributed by atoms with Gasteiger partial charge in [0.1, 0.15) is 11.9 Å². The standard InChI is InChI=1S/C10H10BrFN2O3/c1-5(9(15)16)13-10(17)14-8-4-6(11)2-3-7(8)12/h2-5H,1H3,(H,15,16)(H2,13,14,17)/t5-/m0/s1. The molecule has 1 aromatic rings. The van der Waals surface area contributed by atoms with Gasteiger partial charge in [-0.05, 0) is 25.1 Å². The van der Waals surface area contributed by atoms with Gasteiger partial charge < -0.3 is 15.7 Å². The van der Waals surface area contributed by atoms with E-state index in [2.05, 4.69) is 26.6 Å². The molecule has 1 rings (SSSR count). The maximum atomic E-state index is 13.2. The second kappa shape index (κ2) is 5.62. The van der Waals surface area contributed by atoms with E-state index in [1.54, 1.807) is 0 Å². The molecule has 3 N–H and O–H groups in total. The van der Waals surface area contributed by atoms with Gasteiger partial charge in [-0.1, -0.05) is 15.9 Å². The Bertz CT molecular complexity index is 453. The third kappa shape index (κ3) is 4.03. The maximum Gasteiger partial charge on any atom is 0.325 e. The largest absolute Gasteiger partial charge is 0.480 e. The number of aliphatic carboxylic acids is 1. The molecule has 0 aliphatic rings. The molecule has 0 aromatic heterocycles. The van der Waals surface area contributed by atoms with Crippen LogP contribution in [0.2, 0.25) is 0 Å². The molecule has 0 fully saturated rings. The van der Waals surface area contributed by atoms with Crippen LogP contribution < -0.4 is 10.6 Å². The first-order valence-corrected chi connectivity index (χ1v) is 5.45. The highest BCUT2D eigenvalue weighted by Crippen LogP contribution is 2.19. The molecule has 1 atom stereocenters. The number of halogens is 2. The molecule has 0 radical (unpaired) electrons. The quantitative estimate of drug-likeness (QED) is 0.801. The van der Waals surface area contributed by atoms with Crippen molar-refractivity contribution in [2.24, 2.45) is 0 Å². The molecule has 7 heteroatoms. The minimum absolute atomic E-state index is 0.0329. The molecule has 2 amide bonds. The van der Waals surface area contributed by atoms with Crippen molar-refractivity contribution in [1.82, 2.24) is 5.32 Å². The Kier molecular flexibility index (Phi) is 4.45. The number of amides is 2. The summed E-state index contributed by atoms with van der Waals surface area (Å²) in [5.74, 6) is -1.78. The van der Waals surface area contributed by atoms with Gasteiger partial charge in [0.25, 0.3) is 0 Å². The summed E-state index contributed by atoms with van der Waals surface area (Å²) in [5.41, 5.74) is -0.0329. The number of anilines is 1. The highest BCUT2D eigenvalue weighted by atomic mass is 79.9. The number of carboxylic acid groups (broad SMARTS) is 1. The fourth-order valence-corrected chi connectivity index (χ4v) is 1.37. The predicted molar refractivity (Wildman–Crippen MR) is 63.4 cm³/mol. The number of hydrogen-bond donors (Lipinski definition) is 3. The molecule has 17 heavy (non-hydrogen) atoms. The molecule has 0 heterocycles. The minimum atomic E-state index is -1.17. The summed E-state index contributed by atoms with van der Waals surface area (Å²) in [4.78, 5) is 21.8. The highest BCUT2D eigenvalue weighted by Gasteiger charge is 2.14. The lowest BCUT2D eigenvalue weighted by Gasteiger charge is -2.11. The first-order valence-electron chi connectivity index (χ1n) is 4.65. The number of rotatable bonds is 3. The van der Waals surface area contributed by atoms with Gasteiger partial charge in [-0.3, -0.25) is 4.79 Å². The van der Waals surface area contributed by atoms with Crippen molar-refractivity contribution < 1.29 is 19.1 Å². The molecule has 5 nitrogen and oxygen atoms in total. The second-order valence-corrected chi connectivity index (χ2v) is 4.20. The summed E-state index contributed by atoms with van der Waals surface area (Å²) in [6.45, 7) is 1.30. The highest BCUT2D eigenvalue weighted by molar-refractivity contribution is 9.10. The van der Waals surface area contributed by atoms with Crippen molar-refractivity contribution in [3.8, 4) is 0 Å². The molecule has 0 spiro atoms. The Morgan fingerprint density at radius 3 is 2.71 bits per heavy atom. The Morgan fingerprint density at radius 1 is 1.47 bits per heavy atom. The molecule has 0 aliphatic heterocycles. The predicted octanol–water partition coefficient (Wildman–Crippen LogP) is 2.18. The maximum absolute atomic E-state index is 13.2. The van der Waals surface area contributed by atoms with Gasteiger partial charge in [-0.15, -0.1) is 0 Å². The van der Waals surface area contributed by atoms with Crippen LogP contribution in [0.5, 0.6) is 0 Å². The van der Waals surface area contributed by atoms with Gasteiger partial charge in [0.15, 0.2) is 0 Å². The Morgan fingerprint density at radius 2 is 2.12 bits per heavy atom. The van der Waals surface area contributed by atoms with Gasteiger partial charge in [0.2, 0.25) is 0 Å². The minimum Gasteiger partial charge on any atom is -0.480 e. The molecule has 0 saturated carbocycles. The first-order chi connectivity index (χ1) is 7.90. The zero-order valence-corrected chi connectivity index (χ0v) is 10.4. The van der Waals surface area contributed by atoms with E-state index in [0.29, 0.717) is 4.47 Å². The van der Waals surface area contributed by atoms with Crippen LogP contribution in [-0.2, 0) is 4.79 Å². The summed E-state index contributed by atoms with van der Waals surface area (Å²) >= 11 is 3.13. The van der Waals surface area contributed by atoms with Crippen molar-refractivity contribution in [3.05, 3.63) is 28.5 Å². The van der Waals surface area contributed by atoms with Gasteiger partial charge in [-0.2, -0.15) is 0 Å². The summed E-state index contributed by atoms with van der Waals surface area (Å²) < 4.78 is 13.8. The number of nitrogens with one attached hydrogen (secondary N) is 2. The molecule has 0 unspecified atom stereocenters. The van der Waals surface area contributed by atoms with Crippen LogP contribution in [0.3, 0.4) is 0 Å². The molecular weight excluding hydrogens is 295 g/mol. The monoisotopic (exact) mass is 304 g/mol. The number of carbonyl (C=O) groups is 2. The topological polar surface area (TPSA) is 78.4 Å². The zero-order chi connectivity index (χ0) is 13.0. The van der Waals surface area contributed by atoms with Gasteiger partial charge in [-0.25, -0.2) is 9.18 Å². The normalized spacial score (nSPS) is 11.7. The summed E-state index contributed by atoms with van der Waals surface area (Å²) in [6.07, 6.45) is 0. The Labute approximate surface area is 105 Å². The van der Waals surface area contributed by atoms with Crippen LogP contribution in [0.4, 0.5) is 14.9 Å². The number of carboxylic acids is 1. The lowest BCUT2D eigenvalue weighted by Crippen LogP contribution is -2.41. The van der Waals surface area contributed by atoms with Crippen LogP contribution in [0, 0.1) is 5.82 Å². The molecule has 1 aromatic carbocycles. The van der Waals surface area contributed by atoms with E-state index in [1.807, 2.05) is 0 Å². The molecular formula is C10H10BrFN2O3. The van der Waals surface area contributed by atoms with Crippen molar-refractivity contribution in [3.63, 3.8) is 0 Å². The van der Waals surface area contributed by atoms with E-state index in [0.717, 1.165) is 0 Å². The van der Waals surface area contributed by atoms with Crippen molar-refractivity contribution in [1.29, 1.82) is 0 Å². The summed E-state index contributed by atoms with van der Waals surface area (Å²) in [7, 11) is 0. The smallest absolute Gasteiger partial charge is 0.325 e. The Hall–Kier alpha value is -1.63. The van der Waals surface area contributed by atoms with Crippen molar-refractivity contribution in [2.75, 3.05) is 5.32 Å². The fraction of sp³-hybridized carbons (Fsp3) is 0.200.